The lowest BCUT2D eigenvalue weighted by atomic mass is 10.1. The van der Waals surface area contributed by atoms with Crippen molar-refractivity contribution < 1.29 is 4.79 Å². The number of aryl methyl sites for hydroxylation is 1. The smallest absolute Gasteiger partial charge is 0.159 e. The van der Waals surface area contributed by atoms with Crippen LogP contribution in [-0.2, 0) is 6.54 Å². The summed E-state index contributed by atoms with van der Waals surface area (Å²) in [6.07, 6.45) is 0. The van der Waals surface area contributed by atoms with Crippen LogP contribution in [0, 0.1) is 6.92 Å². The van der Waals surface area contributed by atoms with Crippen LogP contribution < -0.4 is 5.32 Å². The highest BCUT2D eigenvalue weighted by atomic mass is 16.1. The van der Waals surface area contributed by atoms with Gasteiger partial charge in [0, 0.05) is 17.8 Å². The van der Waals surface area contributed by atoms with E-state index < -0.39 is 0 Å². The maximum Gasteiger partial charge on any atom is 0.159 e. The Morgan fingerprint density at radius 2 is 1.89 bits per heavy atom. The molecule has 2 heteroatoms. The number of hydrogen-bond acceptors (Lipinski definition) is 2. The first-order valence-electron chi connectivity index (χ1n) is 6.05. The number of rotatable bonds is 4. The molecule has 0 radical (unpaired) electrons. The van der Waals surface area contributed by atoms with Gasteiger partial charge in [-0.25, -0.2) is 0 Å². The van der Waals surface area contributed by atoms with Gasteiger partial charge >= 0.3 is 0 Å². The highest BCUT2D eigenvalue weighted by Gasteiger charge is 2.00. The topological polar surface area (TPSA) is 29.1 Å². The normalized spacial score (nSPS) is 10.1. The summed E-state index contributed by atoms with van der Waals surface area (Å²) in [4.78, 5) is 11.3. The van der Waals surface area contributed by atoms with Crippen LogP contribution in [-0.4, -0.2) is 5.78 Å². The van der Waals surface area contributed by atoms with E-state index in [1.807, 2.05) is 24.3 Å². The van der Waals surface area contributed by atoms with E-state index in [1.54, 1.807) is 6.92 Å². The number of carbonyl (C=O) groups excluding carboxylic acids is 1. The summed E-state index contributed by atoms with van der Waals surface area (Å²) in [6.45, 7) is 4.43. The van der Waals surface area contributed by atoms with Crippen molar-refractivity contribution in [1.29, 1.82) is 0 Å². The number of carbonyl (C=O) groups is 1. The molecule has 0 atom stereocenters. The third kappa shape index (κ3) is 3.20. The van der Waals surface area contributed by atoms with Crippen molar-refractivity contribution in [3.63, 3.8) is 0 Å². The molecular weight excluding hydrogens is 222 g/mol. The molecule has 0 saturated heterocycles. The lowest BCUT2D eigenvalue weighted by molar-refractivity contribution is 0.101. The Balaban J connectivity index is 2.06. The first-order valence-corrected chi connectivity index (χ1v) is 6.05. The molecule has 0 amide bonds. The van der Waals surface area contributed by atoms with Crippen LogP contribution in [0.1, 0.15) is 28.4 Å². The first-order chi connectivity index (χ1) is 8.65. The van der Waals surface area contributed by atoms with Crippen molar-refractivity contribution in [1.82, 2.24) is 0 Å². The minimum Gasteiger partial charge on any atom is -0.381 e. The van der Waals surface area contributed by atoms with E-state index in [1.165, 1.54) is 11.1 Å². The summed E-state index contributed by atoms with van der Waals surface area (Å²) in [7, 11) is 0. The van der Waals surface area contributed by atoms with Crippen molar-refractivity contribution in [3.8, 4) is 0 Å². The molecular formula is C16H17NO. The standard InChI is InChI=1S/C16H17NO/c1-12-5-3-6-14(9-12)11-17-16-8-4-7-15(10-16)13(2)18/h3-10,17H,11H2,1-2H3. The zero-order valence-electron chi connectivity index (χ0n) is 10.7. The van der Waals surface area contributed by atoms with E-state index in [0.717, 1.165) is 17.8 Å². The predicted octanol–water partition coefficient (Wildman–Crippen LogP) is 3.81. The molecule has 0 saturated carbocycles. The Morgan fingerprint density at radius 1 is 1.11 bits per heavy atom. The summed E-state index contributed by atoms with van der Waals surface area (Å²) in [5, 5.41) is 3.33. The summed E-state index contributed by atoms with van der Waals surface area (Å²) in [5.41, 5.74) is 4.21. The van der Waals surface area contributed by atoms with Crippen molar-refractivity contribution in [2.45, 2.75) is 20.4 Å². The van der Waals surface area contributed by atoms with Crippen LogP contribution in [0.15, 0.2) is 48.5 Å². The second-order valence-corrected chi connectivity index (χ2v) is 4.48. The van der Waals surface area contributed by atoms with E-state index in [4.69, 9.17) is 0 Å². The Bertz CT molecular complexity index is 561. The molecule has 0 aliphatic heterocycles. The van der Waals surface area contributed by atoms with Crippen molar-refractivity contribution >= 4 is 11.5 Å². The average Bonchev–Trinajstić information content (AvgIpc) is 2.37. The van der Waals surface area contributed by atoms with Crippen LogP contribution in [0.5, 0.6) is 0 Å². The molecule has 0 aromatic heterocycles. The zero-order valence-corrected chi connectivity index (χ0v) is 10.7. The van der Waals surface area contributed by atoms with Crippen molar-refractivity contribution in [3.05, 3.63) is 65.2 Å². The number of hydrogen-bond donors (Lipinski definition) is 1. The van der Waals surface area contributed by atoms with Gasteiger partial charge in [-0.2, -0.15) is 0 Å². The van der Waals surface area contributed by atoms with Gasteiger partial charge in [-0.15, -0.1) is 0 Å². The van der Waals surface area contributed by atoms with Crippen molar-refractivity contribution in [2.24, 2.45) is 0 Å². The number of nitrogens with one attached hydrogen (secondary N) is 1. The van der Waals surface area contributed by atoms with Crippen LogP contribution in [0.4, 0.5) is 5.69 Å². The summed E-state index contributed by atoms with van der Waals surface area (Å²) in [6, 6.07) is 16.0. The Hall–Kier alpha value is -2.09. The summed E-state index contributed by atoms with van der Waals surface area (Å²) < 4.78 is 0. The van der Waals surface area contributed by atoms with Gasteiger partial charge in [0.2, 0.25) is 0 Å². The average molecular weight is 239 g/mol. The van der Waals surface area contributed by atoms with Crippen LogP contribution in [0.25, 0.3) is 0 Å². The molecule has 2 nitrogen and oxygen atoms in total. The van der Waals surface area contributed by atoms with E-state index >= 15 is 0 Å². The van der Waals surface area contributed by atoms with Crippen LogP contribution in [0.3, 0.4) is 0 Å². The highest BCUT2D eigenvalue weighted by Crippen LogP contribution is 2.13. The second kappa shape index (κ2) is 5.50. The van der Waals surface area contributed by atoms with E-state index in [2.05, 4.69) is 36.5 Å². The molecule has 1 N–H and O–H groups in total. The number of anilines is 1. The van der Waals surface area contributed by atoms with Gasteiger partial charge in [0.05, 0.1) is 0 Å². The van der Waals surface area contributed by atoms with Gasteiger partial charge in [-0.3, -0.25) is 4.79 Å². The maximum atomic E-state index is 11.3. The molecule has 0 aliphatic rings. The fourth-order valence-electron chi connectivity index (χ4n) is 1.87. The van der Waals surface area contributed by atoms with Crippen LogP contribution in [0.2, 0.25) is 0 Å². The predicted molar refractivity (Wildman–Crippen MR) is 75.0 cm³/mol. The van der Waals surface area contributed by atoms with Gasteiger partial charge in [0.15, 0.2) is 5.78 Å². The molecule has 92 valence electrons. The molecule has 0 fully saturated rings. The van der Waals surface area contributed by atoms with E-state index in [-0.39, 0.29) is 5.78 Å². The van der Waals surface area contributed by atoms with E-state index in [0.29, 0.717) is 0 Å². The van der Waals surface area contributed by atoms with Gasteiger partial charge in [0.25, 0.3) is 0 Å². The molecule has 2 aromatic carbocycles. The Labute approximate surface area is 108 Å². The highest BCUT2D eigenvalue weighted by molar-refractivity contribution is 5.94. The summed E-state index contributed by atoms with van der Waals surface area (Å²) >= 11 is 0. The quantitative estimate of drug-likeness (QED) is 0.822. The minimum absolute atomic E-state index is 0.0919. The largest absolute Gasteiger partial charge is 0.381 e. The van der Waals surface area contributed by atoms with E-state index in [9.17, 15) is 4.79 Å². The third-order valence-corrected chi connectivity index (χ3v) is 2.85. The SMILES string of the molecule is CC(=O)c1cccc(NCc2cccc(C)c2)c1. The third-order valence-electron chi connectivity index (χ3n) is 2.85. The van der Waals surface area contributed by atoms with Gasteiger partial charge in [-0.1, -0.05) is 42.0 Å². The minimum atomic E-state index is 0.0919. The van der Waals surface area contributed by atoms with Gasteiger partial charge < -0.3 is 5.32 Å². The second-order valence-electron chi connectivity index (χ2n) is 4.48. The molecule has 0 spiro atoms. The fourth-order valence-corrected chi connectivity index (χ4v) is 1.87. The molecule has 0 aliphatic carbocycles. The lowest BCUT2D eigenvalue weighted by Crippen LogP contribution is -2.01. The maximum absolute atomic E-state index is 11.3. The summed E-state index contributed by atoms with van der Waals surface area (Å²) in [5.74, 6) is 0.0919. The molecule has 2 aromatic rings. The fraction of sp³-hybridized carbons (Fsp3) is 0.188. The monoisotopic (exact) mass is 239 g/mol. The molecule has 0 unspecified atom stereocenters. The van der Waals surface area contributed by atoms with Crippen molar-refractivity contribution in [2.75, 3.05) is 5.32 Å². The van der Waals surface area contributed by atoms with Crippen LogP contribution >= 0.6 is 0 Å². The Kier molecular flexibility index (Phi) is 3.78. The Morgan fingerprint density at radius 3 is 2.61 bits per heavy atom. The number of Topliss-reactive ketones (excluding diaryl/α,β-unsaturated/α-hetero) is 1. The first kappa shape index (κ1) is 12.4. The number of benzene rings is 2. The molecule has 0 bridgehead atoms. The number of ketones is 1. The molecule has 2 rings (SSSR count). The van der Waals surface area contributed by atoms with Gasteiger partial charge in [0.1, 0.15) is 0 Å². The molecule has 18 heavy (non-hydrogen) atoms. The zero-order chi connectivity index (χ0) is 13.0. The van der Waals surface area contributed by atoms with Gasteiger partial charge in [-0.05, 0) is 31.5 Å². The lowest BCUT2D eigenvalue weighted by Gasteiger charge is -2.08. The molecule has 0 heterocycles.